The molecule has 0 amide bonds. The fourth-order valence-electron chi connectivity index (χ4n) is 4.15. The van der Waals surface area contributed by atoms with Crippen LogP contribution < -0.4 is 15.9 Å². The normalized spacial score (nSPS) is 21.7. The van der Waals surface area contributed by atoms with E-state index in [0.29, 0.717) is 37.9 Å². The van der Waals surface area contributed by atoms with E-state index in [4.69, 9.17) is 9.47 Å². The van der Waals surface area contributed by atoms with Crippen molar-refractivity contribution in [2.45, 2.75) is 52.1 Å². The van der Waals surface area contributed by atoms with Gasteiger partial charge in [-0.2, -0.15) is 5.10 Å². The van der Waals surface area contributed by atoms with Crippen molar-refractivity contribution in [3.63, 3.8) is 0 Å². The lowest BCUT2D eigenvalue weighted by Crippen LogP contribution is -2.53. The molecule has 2 aromatic rings. The fourth-order valence-corrected chi connectivity index (χ4v) is 4.15. The van der Waals surface area contributed by atoms with Gasteiger partial charge in [0.05, 0.1) is 13.7 Å². The minimum Gasteiger partial charge on any atom is -0.481 e. The summed E-state index contributed by atoms with van der Waals surface area (Å²) in [7, 11) is 1.62. The van der Waals surface area contributed by atoms with Crippen LogP contribution in [-0.4, -0.2) is 50.0 Å². The molecule has 0 bridgehead atoms. The Labute approximate surface area is 168 Å². The molecule has 29 heavy (non-hydrogen) atoms. The smallest absolute Gasteiger partial charge is 0.332 e. The van der Waals surface area contributed by atoms with E-state index in [1.54, 1.807) is 13.3 Å². The molecule has 9 nitrogen and oxygen atoms in total. The van der Waals surface area contributed by atoms with Crippen molar-refractivity contribution in [2.75, 3.05) is 20.2 Å². The zero-order chi connectivity index (χ0) is 20.6. The van der Waals surface area contributed by atoms with Crippen LogP contribution in [0, 0.1) is 5.92 Å². The Kier molecular flexibility index (Phi) is 5.26. The molecule has 0 aliphatic carbocycles. The Balaban J connectivity index is 1.53. The highest BCUT2D eigenvalue weighted by atomic mass is 16.5. The number of aromatic nitrogens is 4. The molecule has 1 atom stereocenters. The predicted octanol–water partition coefficient (Wildman–Crippen LogP) is 0.640. The molecule has 2 aliphatic heterocycles. The van der Waals surface area contributed by atoms with E-state index >= 15 is 0 Å². The van der Waals surface area contributed by atoms with Gasteiger partial charge >= 0.3 is 11.1 Å². The molecule has 0 N–H and O–H groups in total. The van der Waals surface area contributed by atoms with Crippen molar-refractivity contribution < 1.29 is 9.47 Å². The van der Waals surface area contributed by atoms with Crippen LogP contribution in [0.2, 0.25) is 0 Å². The number of rotatable bonds is 5. The number of nitrogens with zero attached hydrogens (tertiary/aromatic N) is 5. The van der Waals surface area contributed by atoms with Crippen LogP contribution in [0.15, 0.2) is 27.9 Å². The maximum atomic E-state index is 12.7. The van der Waals surface area contributed by atoms with Crippen molar-refractivity contribution in [3.05, 3.63) is 50.4 Å². The van der Waals surface area contributed by atoms with Crippen molar-refractivity contribution in [1.29, 1.82) is 0 Å². The highest BCUT2D eigenvalue weighted by Gasteiger charge is 2.43. The lowest BCUT2D eigenvalue weighted by atomic mass is 10.0. The third-order valence-corrected chi connectivity index (χ3v) is 5.53. The maximum absolute atomic E-state index is 12.7. The van der Waals surface area contributed by atoms with E-state index < -0.39 is 16.7 Å². The van der Waals surface area contributed by atoms with Crippen LogP contribution in [-0.2, 0) is 31.0 Å². The zero-order valence-electron chi connectivity index (χ0n) is 17.1. The van der Waals surface area contributed by atoms with E-state index in [0.717, 1.165) is 18.5 Å². The first-order chi connectivity index (χ1) is 13.9. The molecule has 156 valence electrons. The van der Waals surface area contributed by atoms with E-state index in [9.17, 15) is 9.59 Å². The first kappa shape index (κ1) is 19.8. The average Bonchev–Trinajstić information content (AvgIpc) is 3.09. The van der Waals surface area contributed by atoms with Crippen molar-refractivity contribution >= 4 is 0 Å². The van der Waals surface area contributed by atoms with E-state index in [1.807, 2.05) is 26.0 Å². The number of fused-ring (bicyclic) bond motifs is 1. The van der Waals surface area contributed by atoms with E-state index in [-0.39, 0.29) is 12.5 Å². The largest absolute Gasteiger partial charge is 0.481 e. The summed E-state index contributed by atoms with van der Waals surface area (Å²) in [5.74, 6) is 1.37. The molecule has 1 saturated heterocycles. The summed E-state index contributed by atoms with van der Waals surface area (Å²) in [5, 5.41) is 4.38. The van der Waals surface area contributed by atoms with Gasteiger partial charge in [-0.1, -0.05) is 19.9 Å². The SMILES string of the molecule is COc1ncccc1CN1CC[C@@]2(C1)Cn1c(nn(CC(C)C)c(=O)c1=O)CO2. The molecule has 0 unspecified atom stereocenters. The molecule has 4 rings (SSSR count). The molecule has 0 aromatic carbocycles. The van der Waals surface area contributed by atoms with Crippen molar-refractivity contribution in [3.8, 4) is 5.88 Å². The van der Waals surface area contributed by atoms with Gasteiger partial charge in [0.2, 0.25) is 5.88 Å². The van der Waals surface area contributed by atoms with Gasteiger partial charge in [-0.3, -0.25) is 19.1 Å². The third kappa shape index (κ3) is 3.84. The molecule has 2 aliphatic rings. The van der Waals surface area contributed by atoms with E-state index in [1.165, 1.54) is 9.25 Å². The quantitative estimate of drug-likeness (QED) is 0.679. The maximum Gasteiger partial charge on any atom is 0.332 e. The summed E-state index contributed by atoms with van der Waals surface area (Å²) in [6.45, 7) is 7.18. The lowest BCUT2D eigenvalue weighted by molar-refractivity contribution is -0.0860. The second kappa shape index (κ2) is 7.72. The van der Waals surface area contributed by atoms with Gasteiger partial charge in [0.25, 0.3) is 0 Å². The fraction of sp³-hybridized carbons (Fsp3) is 0.600. The van der Waals surface area contributed by atoms with Gasteiger partial charge in [-0.25, -0.2) is 9.67 Å². The highest BCUT2D eigenvalue weighted by Crippen LogP contribution is 2.32. The van der Waals surface area contributed by atoms with Crippen LogP contribution in [0.3, 0.4) is 0 Å². The number of hydrogen-bond acceptors (Lipinski definition) is 7. The van der Waals surface area contributed by atoms with Gasteiger partial charge in [0, 0.05) is 37.9 Å². The van der Waals surface area contributed by atoms with Crippen LogP contribution in [0.1, 0.15) is 31.7 Å². The Morgan fingerprint density at radius 1 is 1.28 bits per heavy atom. The Bertz CT molecular complexity index is 1010. The number of methoxy groups -OCH3 is 1. The summed E-state index contributed by atoms with van der Waals surface area (Å²) in [5.41, 5.74) is -0.538. The molecular formula is C20H27N5O4. The van der Waals surface area contributed by atoms with Gasteiger partial charge in [-0.15, -0.1) is 0 Å². The predicted molar refractivity (Wildman–Crippen MR) is 106 cm³/mol. The van der Waals surface area contributed by atoms with Crippen LogP contribution in [0.25, 0.3) is 0 Å². The molecule has 2 aromatic heterocycles. The summed E-state index contributed by atoms with van der Waals surface area (Å²) >= 11 is 0. The highest BCUT2D eigenvalue weighted by molar-refractivity contribution is 5.25. The van der Waals surface area contributed by atoms with Crippen LogP contribution >= 0.6 is 0 Å². The molecule has 0 saturated carbocycles. The van der Waals surface area contributed by atoms with Gasteiger partial charge in [0.1, 0.15) is 12.2 Å². The van der Waals surface area contributed by atoms with Gasteiger partial charge < -0.3 is 9.47 Å². The van der Waals surface area contributed by atoms with Gasteiger partial charge in [0.15, 0.2) is 5.82 Å². The van der Waals surface area contributed by atoms with Crippen molar-refractivity contribution in [1.82, 2.24) is 24.2 Å². The number of hydrogen-bond donors (Lipinski definition) is 0. The third-order valence-electron chi connectivity index (χ3n) is 5.53. The average molecular weight is 401 g/mol. The van der Waals surface area contributed by atoms with Gasteiger partial charge in [-0.05, 0) is 18.4 Å². The second-order valence-corrected chi connectivity index (χ2v) is 8.29. The Hall–Kier alpha value is -2.52. The summed E-state index contributed by atoms with van der Waals surface area (Å²) in [6.07, 6.45) is 2.50. The molecule has 1 spiro atoms. The standard InChI is InChI=1S/C20H27N5O4/c1-14(2)9-25-19(27)18(26)24-13-20(29-11-16(24)22-25)6-8-23(12-20)10-15-5-4-7-21-17(15)28-3/h4-5,7,14H,6,8-13H2,1-3H3/t20-/m1/s1. The van der Waals surface area contributed by atoms with Crippen LogP contribution in [0.4, 0.5) is 0 Å². The summed E-state index contributed by atoms with van der Waals surface area (Å²) < 4.78 is 14.3. The number of pyridine rings is 1. The lowest BCUT2D eigenvalue weighted by Gasteiger charge is -2.35. The second-order valence-electron chi connectivity index (χ2n) is 8.29. The summed E-state index contributed by atoms with van der Waals surface area (Å²) in [6, 6.07) is 3.89. The van der Waals surface area contributed by atoms with E-state index in [2.05, 4.69) is 15.0 Å². The monoisotopic (exact) mass is 401 g/mol. The summed E-state index contributed by atoms with van der Waals surface area (Å²) in [4.78, 5) is 31.7. The Morgan fingerprint density at radius 3 is 2.86 bits per heavy atom. The molecular weight excluding hydrogens is 374 g/mol. The first-order valence-corrected chi connectivity index (χ1v) is 9.96. The minimum absolute atomic E-state index is 0.228. The Morgan fingerprint density at radius 2 is 2.10 bits per heavy atom. The topological polar surface area (TPSA) is 91.5 Å². The first-order valence-electron chi connectivity index (χ1n) is 9.96. The molecule has 0 radical (unpaired) electrons. The van der Waals surface area contributed by atoms with Crippen molar-refractivity contribution in [2.24, 2.45) is 5.92 Å². The number of ether oxygens (including phenoxy) is 2. The molecule has 1 fully saturated rings. The number of likely N-dealkylation sites (tertiary alicyclic amines) is 1. The molecule has 9 heteroatoms. The zero-order valence-corrected chi connectivity index (χ0v) is 17.1. The molecule has 4 heterocycles. The minimum atomic E-state index is -0.561. The van der Waals surface area contributed by atoms with Crippen LogP contribution in [0.5, 0.6) is 5.88 Å².